The Morgan fingerprint density at radius 3 is 2.52 bits per heavy atom. The molecule has 0 aliphatic carbocycles. The van der Waals surface area contributed by atoms with Crippen LogP contribution in [-0.4, -0.2) is 52.9 Å². The minimum Gasteiger partial charge on any atom is -0.338 e. The van der Waals surface area contributed by atoms with Crippen LogP contribution in [0.25, 0.3) is 11.3 Å². The summed E-state index contributed by atoms with van der Waals surface area (Å²) in [5.74, 6) is -0.592. The lowest BCUT2D eigenvalue weighted by atomic mass is 10.1. The molecular formula is C17H18N4O4. The fourth-order valence-corrected chi connectivity index (χ4v) is 2.75. The highest BCUT2D eigenvalue weighted by molar-refractivity contribution is 6.06. The second-order valence-electron chi connectivity index (χ2n) is 5.91. The lowest BCUT2D eigenvalue weighted by Gasteiger charge is -2.15. The molecule has 1 N–H and O–H groups in total. The van der Waals surface area contributed by atoms with Gasteiger partial charge >= 0.3 is 6.03 Å². The molecule has 0 bridgehead atoms. The van der Waals surface area contributed by atoms with Crippen LogP contribution in [0.5, 0.6) is 0 Å². The maximum absolute atomic E-state index is 12.3. The van der Waals surface area contributed by atoms with Gasteiger partial charge in [-0.05, 0) is 6.92 Å². The van der Waals surface area contributed by atoms with Crippen molar-refractivity contribution in [2.24, 2.45) is 0 Å². The van der Waals surface area contributed by atoms with Gasteiger partial charge in [0, 0.05) is 25.2 Å². The van der Waals surface area contributed by atoms with Gasteiger partial charge in [0.15, 0.2) is 0 Å². The first kappa shape index (κ1) is 16.7. The van der Waals surface area contributed by atoms with E-state index in [1.165, 1.54) is 19.0 Å². The summed E-state index contributed by atoms with van der Waals surface area (Å²) < 4.78 is 5.22. The molecule has 2 heterocycles. The molecule has 1 fully saturated rings. The Morgan fingerprint density at radius 1 is 1.24 bits per heavy atom. The van der Waals surface area contributed by atoms with Crippen molar-refractivity contribution in [1.29, 1.82) is 0 Å². The first-order valence-electron chi connectivity index (χ1n) is 7.76. The highest BCUT2D eigenvalue weighted by Crippen LogP contribution is 2.28. The van der Waals surface area contributed by atoms with Gasteiger partial charge in [0.1, 0.15) is 11.7 Å². The molecular weight excluding hydrogens is 324 g/mol. The molecule has 0 spiro atoms. The largest absolute Gasteiger partial charge is 0.338 e. The van der Waals surface area contributed by atoms with Crippen LogP contribution in [0.4, 0.5) is 10.7 Å². The molecule has 1 aromatic carbocycles. The van der Waals surface area contributed by atoms with E-state index < -0.39 is 23.9 Å². The number of hydrogen-bond acceptors (Lipinski definition) is 5. The summed E-state index contributed by atoms with van der Waals surface area (Å²) in [5.41, 5.74) is 2.21. The molecule has 0 radical (unpaired) electrons. The van der Waals surface area contributed by atoms with E-state index in [2.05, 4.69) is 10.5 Å². The van der Waals surface area contributed by atoms with E-state index in [-0.39, 0.29) is 12.3 Å². The Morgan fingerprint density at radius 2 is 1.92 bits per heavy atom. The third-order valence-corrected chi connectivity index (χ3v) is 4.27. The van der Waals surface area contributed by atoms with Gasteiger partial charge in [-0.25, -0.2) is 4.79 Å². The Balaban J connectivity index is 1.71. The van der Waals surface area contributed by atoms with Crippen molar-refractivity contribution in [1.82, 2.24) is 15.0 Å². The molecule has 1 aliphatic rings. The summed E-state index contributed by atoms with van der Waals surface area (Å²) >= 11 is 0. The number of rotatable bonds is 4. The van der Waals surface area contributed by atoms with E-state index in [1.807, 2.05) is 30.3 Å². The van der Waals surface area contributed by atoms with Crippen LogP contribution >= 0.6 is 0 Å². The molecule has 3 rings (SSSR count). The summed E-state index contributed by atoms with van der Waals surface area (Å²) in [5, 5.41) is 6.62. The van der Waals surface area contributed by atoms with E-state index in [0.717, 1.165) is 10.5 Å². The van der Waals surface area contributed by atoms with E-state index in [9.17, 15) is 14.4 Å². The first-order chi connectivity index (χ1) is 11.9. The summed E-state index contributed by atoms with van der Waals surface area (Å²) in [4.78, 5) is 38.3. The van der Waals surface area contributed by atoms with Crippen molar-refractivity contribution >= 4 is 23.7 Å². The Bertz CT molecular complexity index is 830. The number of carbonyl (C=O) groups excluding carboxylic acids is 3. The van der Waals surface area contributed by atoms with Crippen molar-refractivity contribution in [2.75, 3.05) is 19.4 Å². The second kappa shape index (κ2) is 6.39. The second-order valence-corrected chi connectivity index (χ2v) is 5.91. The Labute approximate surface area is 144 Å². The number of nitrogens with zero attached hydrogens (tertiary/aromatic N) is 3. The number of hydrogen-bond donors (Lipinski definition) is 1. The minimum absolute atomic E-state index is 0.147. The quantitative estimate of drug-likeness (QED) is 0.856. The number of likely N-dealkylation sites (N-methyl/N-ethyl adjacent to an activating group) is 2. The van der Waals surface area contributed by atoms with Gasteiger partial charge in [0.2, 0.25) is 11.8 Å². The zero-order valence-electron chi connectivity index (χ0n) is 14.1. The molecule has 1 unspecified atom stereocenters. The van der Waals surface area contributed by atoms with Crippen molar-refractivity contribution in [3.8, 4) is 11.3 Å². The van der Waals surface area contributed by atoms with Gasteiger partial charge in [0.25, 0.3) is 5.91 Å². The molecule has 25 heavy (non-hydrogen) atoms. The molecule has 1 aromatic heterocycles. The van der Waals surface area contributed by atoms with Crippen molar-refractivity contribution in [3.63, 3.8) is 0 Å². The fourth-order valence-electron chi connectivity index (χ4n) is 2.75. The maximum atomic E-state index is 12.3. The molecule has 8 heteroatoms. The lowest BCUT2D eigenvalue weighted by Crippen LogP contribution is -2.35. The number of carbonyl (C=O) groups is 3. The number of aromatic nitrogens is 1. The lowest BCUT2D eigenvalue weighted by molar-refractivity contribution is -0.129. The van der Waals surface area contributed by atoms with Crippen LogP contribution in [-0.2, 0) is 9.59 Å². The average Bonchev–Trinajstić information content (AvgIpc) is 3.05. The number of benzene rings is 1. The summed E-state index contributed by atoms with van der Waals surface area (Å²) in [6.07, 6.45) is -0.147. The van der Waals surface area contributed by atoms with E-state index >= 15 is 0 Å². The molecule has 1 aliphatic heterocycles. The minimum atomic E-state index is -0.811. The van der Waals surface area contributed by atoms with Crippen LogP contribution in [0.15, 0.2) is 34.9 Å². The molecule has 1 atom stereocenters. The van der Waals surface area contributed by atoms with Gasteiger partial charge in [-0.15, -0.1) is 0 Å². The number of amides is 4. The molecule has 0 saturated carbocycles. The summed E-state index contributed by atoms with van der Waals surface area (Å²) in [7, 11) is 2.89. The topological polar surface area (TPSA) is 95.7 Å². The summed E-state index contributed by atoms with van der Waals surface area (Å²) in [6.45, 7) is 1.79. The smallest absolute Gasteiger partial charge is 0.326 e. The van der Waals surface area contributed by atoms with Gasteiger partial charge in [-0.3, -0.25) is 19.8 Å². The number of nitrogens with one attached hydrogen (secondary N) is 1. The van der Waals surface area contributed by atoms with E-state index in [0.29, 0.717) is 11.3 Å². The molecule has 1 saturated heterocycles. The average molecular weight is 342 g/mol. The van der Waals surface area contributed by atoms with Crippen LogP contribution in [0.1, 0.15) is 12.0 Å². The van der Waals surface area contributed by atoms with Gasteiger partial charge in [-0.1, -0.05) is 35.5 Å². The third-order valence-electron chi connectivity index (χ3n) is 4.27. The third kappa shape index (κ3) is 2.98. The SMILES string of the molecule is Cc1c(-c2ccccc2)noc1NC(=O)CC1C(=O)N(C)C(=O)N1C. The zero-order valence-corrected chi connectivity index (χ0v) is 14.1. The van der Waals surface area contributed by atoms with Crippen molar-refractivity contribution in [2.45, 2.75) is 19.4 Å². The van der Waals surface area contributed by atoms with Crippen LogP contribution < -0.4 is 5.32 Å². The van der Waals surface area contributed by atoms with Gasteiger partial charge in [0.05, 0.1) is 6.42 Å². The van der Waals surface area contributed by atoms with Crippen LogP contribution in [0, 0.1) is 6.92 Å². The van der Waals surface area contributed by atoms with E-state index in [1.54, 1.807) is 6.92 Å². The molecule has 4 amide bonds. The fraction of sp³-hybridized carbons (Fsp3) is 0.294. The number of imide groups is 1. The predicted molar refractivity (Wildman–Crippen MR) is 89.6 cm³/mol. The Hall–Kier alpha value is -3.16. The van der Waals surface area contributed by atoms with Crippen LogP contribution in [0.2, 0.25) is 0 Å². The number of urea groups is 1. The normalized spacial score (nSPS) is 17.3. The van der Waals surface area contributed by atoms with Crippen molar-refractivity contribution in [3.05, 3.63) is 35.9 Å². The van der Waals surface area contributed by atoms with E-state index in [4.69, 9.17) is 4.52 Å². The first-order valence-corrected chi connectivity index (χ1v) is 7.76. The zero-order chi connectivity index (χ0) is 18.1. The van der Waals surface area contributed by atoms with Crippen LogP contribution in [0.3, 0.4) is 0 Å². The van der Waals surface area contributed by atoms with Crippen molar-refractivity contribution < 1.29 is 18.9 Å². The van der Waals surface area contributed by atoms with Gasteiger partial charge < -0.3 is 9.42 Å². The predicted octanol–water partition coefficient (Wildman–Crippen LogP) is 1.87. The Kier molecular flexibility index (Phi) is 4.26. The number of anilines is 1. The molecule has 8 nitrogen and oxygen atoms in total. The standard InChI is InChI=1S/C17H18N4O4/c1-10-14(11-7-5-4-6-8-11)19-25-15(10)18-13(22)9-12-16(23)21(3)17(24)20(12)2/h4-8,12H,9H2,1-3H3,(H,18,22). The molecule has 2 aromatic rings. The molecule has 130 valence electrons. The monoisotopic (exact) mass is 342 g/mol. The summed E-state index contributed by atoms with van der Waals surface area (Å²) in [6, 6.07) is 8.22. The maximum Gasteiger partial charge on any atom is 0.326 e. The van der Waals surface area contributed by atoms with Gasteiger partial charge in [-0.2, -0.15) is 0 Å². The highest BCUT2D eigenvalue weighted by Gasteiger charge is 2.41. The highest BCUT2D eigenvalue weighted by atomic mass is 16.5.